The second-order valence-corrected chi connectivity index (χ2v) is 12.2. The fourth-order valence-corrected chi connectivity index (χ4v) is 7.40. The highest BCUT2D eigenvalue weighted by molar-refractivity contribution is 7.89. The molecule has 1 aromatic carbocycles. The molecular weight excluding hydrogens is 516 g/mol. The van der Waals surface area contributed by atoms with Gasteiger partial charge in [-0.2, -0.15) is 4.31 Å². The second-order valence-electron chi connectivity index (χ2n) is 9.17. The third-order valence-corrected chi connectivity index (χ3v) is 9.56. The van der Waals surface area contributed by atoms with E-state index in [1.54, 1.807) is 6.92 Å². The largest absolute Gasteiger partial charge is 0.450 e. The number of imide groups is 1. The molecule has 1 saturated heterocycles. The van der Waals surface area contributed by atoms with Gasteiger partial charge in [0.25, 0.3) is 11.8 Å². The summed E-state index contributed by atoms with van der Waals surface area (Å²) in [5.41, 5.74) is 1.32. The Hall–Kier alpha value is -2.80. The van der Waals surface area contributed by atoms with E-state index in [0.717, 1.165) is 42.7 Å². The number of alkyl carbamates (subject to hydrolysis) is 1. The number of thiophene rings is 1. The topological polar surface area (TPSA) is 125 Å². The molecule has 0 spiro atoms. The number of ether oxygens (including phenoxy) is 1. The van der Waals surface area contributed by atoms with Gasteiger partial charge in [0.05, 0.1) is 17.1 Å². The van der Waals surface area contributed by atoms with E-state index in [4.69, 9.17) is 4.74 Å². The molecule has 0 saturated carbocycles. The molecule has 0 atom stereocenters. The molecule has 2 N–H and O–H groups in total. The van der Waals surface area contributed by atoms with E-state index in [2.05, 4.69) is 15.5 Å². The maximum atomic E-state index is 13.1. The summed E-state index contributed by atoms with van der Waals surface area (Å²) in [5.74, 6) is -1.11. The van der Waals surface area contributed by atoms with Crippen molar-refractivity contribution in [3.8, 4) is 0 Å². The Kier molecular flexibility index (Phi) is 8.63. The van der Waals surface area contributed by atoms with Crippen LogP contribution in [-0.2, 0) is 27.7 Å². The van der Waals surface area contributed by atoms with Crippen LogP contribution in [-0.4, -0.2) is 68.8 Å². The Morgan fingerprint density at radius 2 is 1.68 bits per heavy atom. The maximum absolute atomic E-state index is 13.1. The smallest absolute Gasteiger partial charge is 0.414 e. The van der Waals surface area contributed by atoms with Crippen molar-refractivity contribution in [2.24, 2.45) is 0 Å². The van der Waals surface area contributed by atoms with E-state index >= 15 is 0 Å². The molecule has 37 heavy (non-hydrogen) atoms. The molecule has 10 nitrogen and oxygen atoms in total. The molecule has 12 heteroatoms. The zero-order valence-corrected chi connectivity index (χ0v) is 22.7. The van der Waals surface area contributed by atoms with E-state index in [1.165, 1.54) is 39.9 Å². The molecule has 1 aromatic heterocycles. The lowest BCUT2D eigenvalue weighted by Crippen LogP contribution is -2.33. The fraction of sp³-hybridized carbons (Fsp3) is 0.480. The van der Waals surface area contributed by atoms with Crippen molar-refractivity contribution in [2.75, 3.05) is 38.6 Å². The number of benzene rings is 1. The van der Waals surface area contributed by atoms with Gasteiger partial charge in [0.1, 0.15) is 5.00 Å². The zero-order valence-electron chi connectivity index (χ0n) is 21.0. The molecule has 2 aromatic rings. The standard InChI is InChI=1S/C25H32N4O6S2/c1-3-35-25(32)27-23(31)21-19-12-15-28(2)16-20(19)36-24(21)26-22(30)17-8-10-18(11-9-17)37(33,34)29-13-6-4-5-7-14-29/h8-11H,3-7,12-16H2,1-2H3,(H,26,30)(H,27,31,32). The van der Waals surface area contributed by atoms with Gasteiger partial charge in [-0.3, -0.25) is 14.9 Å². The minimum Gasteiger partial charge on any atom is -0.450 e. The van der Waals surface area contributed by atoms with E-state index in [9.17, 15) is 22.8 Å². The van der Waals surface area contributed by atoms with Crippen molar-refractivity contribution in [3.05, 3.63) is 45.8 Å². The van der Waals surface area contributed by atoms with Gasteiger partial charge in [-0.25, -0.2) is 13.2 Å². The van der Waals surface area contributed by atoms with Crippen molar-refractivity contribution in [2.45, 2.75) is 50.5 Å². The molecular formula is C25H32N4O6S2. The third kappa shape index (κ3) is 6.20. The molecule has 0 bridgehead atoms. The summed E-state index contributed by atoms with van der Waals surface area (Å²) in [5, 5.41) is 5.37. The van der Waals surface area contributed by atoms with Crippen molar-refractivity contribution in [1.29, 1.82) is 0 Å². The first-order valence-corrected chi connectivity index (χ1v) is 14.7. The van der Waals surface area contributed by atoms with Crippen LogP contribution in [0.4, 0.5) is 9.80 Å². The molecule has 3 heterocycles. The first-order valence-electron chi connectivity index (χ1n) is 12.4. The predicted molar refractivity (Wildman–Crippen MR) is 140 cm³/mol. The van der Waals surface area contributed by atoms with Crippen LogP contribution in [0.2, 0.25) is 0 Å². The highest BCUT2D eigenvalue weighted by atomic mass is 32.2. The van der Waals surface area contributed by atoms with E-state index in [1.807, 2.05) is 7.05 Å². The zero-order chi connectivity index (χ0) is 26.6. The van der Waals surface area contributed by atoms with E-state index in [-0.39, 0.29) is 22.6 Å². The maximum Gasteiger partial charge on any atom is 0.414 e. The lowest BCUT2D eigenvalue weighted by atomic mass is 10.0. The number of anilines is 1. The van der Waals surface area contributed by atoms with Crippen LogP contribution < -0.4 is 10.6 Å². The van der Waals surface area contributed by atoms with Gasteiger partial charge in [0, 0.05) is 36.6 Å². The summed E-state index contributed by atoms with van der Waals surface area (Å²) in [6.45, 7) is 4.13. The van der Waals surface area contributed by atoms with Crippen molar-refractivity contribution >= 4 is 44.3 Å². The predicted octanol–water partition coefficient (Wildman–Crippen LogP) is 3.44. The van der Waals surface area contributed by atoms with Crippen LogP contribution in [0, 0.1) is 0 Å². The molecule has 0 radical (unpaired) electrons. The first kappa shape index (κ1) is 27.2. The van der Waals surface area contributed by atoms with Gasteiger partial charge in [-0.15, -0.1) is 11.3 Å². The Morgan fingerprint density at radius 3 is 2.32 bits per heavy atom. The molecule has 0 aliphatic carbocycles. The molecule has 200 valence electrons. The number of hydrogen-bond donors (Lipinski definition) is 2. The van der Waals surface area contributed by atoms with Gasteiger partial charge in [-0.05, 0) is 63.1 Å². The lowest BCUT2D eigenvalue weighted by Gasteiger charge is -2.22. The van der Waals surface area contributed by atoms with Crippen molar-refractivity contribution < 1.29 is 27.5 Å². The van der Waals surface area contributed by atoms with E-state index in [0.29, 0.717) is 31.1 Å². The van der Waals surface area contributed by atoms with Gasteiger partial charge >= 0.3 is 6.09 Å². The summed E-state index contributed by atoms with van der Waals surface area (Å²) < 4.78 is 32.4. The van der Waals surface area contributed by atoms with Crippen LogP contribution in [0.5, 0.6) is 0 Å². The number of hydrogen-bond acceptors (Lipinski definition) is 8. The number of rotatable bonds is 6. The Morgan fingerprint density at radius 1 is 1.00 bits per heavy atom. The number of nitrogens with zero attached hydrogens (tertiary/aromatic N) is 2. The lowest BCUT2D eigenvalue weighted by molar-refractivity contribution is 0.0924. The summed E-state index contributed by atoms with van der Waals surface area (Å²) in [7, 11) is -1.65. The van der Waals surface area contributed by atoms with Gasteiger partial charge in [-0.1, -0.05) is 12.8 Å². The van der Waals surface area contributed by atoms with E-state index < -0.39 is 27.9 Å². The number of nitrogens with one attached hydrogen (secondary N) is 2. The Balaban J connectivity index is 1.55. The average molecular weight is 549 g/mol. The van der Waals surface area contributed by atoms with Crippen LogP contribution >= 0.6 is 11.3 Å². The van der Waals surface area contributed by atoms with Gasteiger partial charge < -0.3 is 15.0 Å². The minimum absolute atomic E-state index is 0.124. The number of fused-ring (bicyclic) bond motifs is 1. The number of likely N-dealkylation sites (N-methyl/N-ethyl adjacent to an activating group) is 1. The highest BCUT2D eigenvalue weighted by Gasteiger charge is 2.29. The molecule has 4 rings (SSSR count). The minimum atomic E-state index is -3.63. The van der Waals surface area contributed by atoms with Gasteiger partial charge in [0.2, 0.25) is 10.0 Å². The molecule has 2 aliphatic heterocycles. The summed E-state index contributed by atoms with van der Waals surface area (Å²) in [4.78, 5) is 41.1. The van der Waals surface area contributed by atoms with Crippen molar-refractivity contribution in [3.63, 3.8) is 0 Å². The number of carbonyl (C=O) groups excluding carboxylic acids is 3. The Bertz CT molecular complexity index is 1260. The Labute approximate surface area is 221 Å². The first-order chi connectivity index (χ1) is 17.7. The number of amides is 3. The average Bonchev–Trinajstić information content (AvgIpc) is 3.02. The van der Waals surface area contributed by atoms with Gasteiger partial charge in [0.15, 0.2) is 0 Å². The molecule has 1 fully saturated rings. The molecule has 2 aliphatic rings. The second kappa shape index (κ2) is 11.7. The summed E-state index contributed by atoms with van der Waals surface area (Å²) in [6, 6.07) is 5.83. The van der Waals surface area contributed by atoms with Crippen LogP contribution in [0.3, 0.4) is 0 Å². The van der Waals surface area contributed by atoms with Crippen LogP contribution in [0.25, 0.3) is 0 Å². The van der Waals surface area contributed by atoms with Crippen LogP contribution in [0.1, 0.15) is 63.8 Å². The number of carbonyl (C=O) groups is 3. The third-order valence-electron chi connectivity index (χ3n) is 6.51. The summed E-state index contributed by atoms with van der Waals surface area (Å²) >= 11 is 1.30. The summed E-state index contributed by atoms with van der Waals surface area (Å²) in [6.07, 6.45) is 3.48. The highest BCUT2D eigenvalue weighted by Crippen LogP contribution is 2.37. The monoisotopic (exact) mass is 548 g/mol. The molecule has 3 amide bonds. The van der Waals surface area contributed by atoms with Crippen molar-refractivity contribution in [1.82, 2.24) is 14.5 Å². The SMILES string of the molecule is CCOC(=O)NC(=O)c1c(NC(=O)c2ccc(S(=O)(=O)N3CCCCCC3)cc2)sc2c1CCN(C)C2. The fourth-order valence-electron chi connectivity index (χ4n) is 4.57. The van der Waals surface area contributed by atoms with Crippen LogP contribution in [0.15, 0.2) is 29.2 Å². The molecule has 0 unspecified atom stereocenters. The number of sulfonamides is 1. The normalized spacial score (nSPS) is 16.9. The quantitative estimate of drug-likeness (QED) is 0.567.